The predicted molar refractivity (Wildman–Crippen MR) is 75.5 cm³/mol. The number of nitrogens with two attached hydrogens (primary N) is 1. The molecule has 1 aromatic rings. The number of anilines is 1. The molecule has 1 aliphatic heterocycles. The molecule has 94 valence electrons. The molecule has 0 radical (unpaired) electrons. The molecule has 17 heavy (non-hydrogen) atoms. The highest BCUT2D eigenvalue weighted by atomic mass is 32.2. The fourth-order valence-electron chi connectivity index (χ4n) is 2.15. The van der Waals surface area contributed by atoms with Gasteiger partial charge in [-0.1, -0.05) is 13.8 Å². The quantitative estimate of drug-likeness (QED) is 0.875. The third kappa shape index (κ3) is 3.13. The van der Waals surface area contributed by atoms with Crippen molar-refractivity contribution in [1.82, 2.24) is 4.98 Å². The van der Waals surface area contributed by atoms with Crippen molar-refractivity contribution in [3.05, 3.63) is 24.0 Å². The van der Waals surface area contributed by atoms with E-state index in [9.17, 15) is 0 Å². The van der Waals surface area contributed by atoms with E-state index >= 15 is 0 Å². The molecule has 0 spiro atoms. The van der Waals surface area contributed by atoms with Crippen LogP contribution in [-0.4, -0.2) is 28.6 Å². The van der Waals surface area contributed by atoms with Gasteiger partial charge in [0.1, 0.15) is 0 Å². The fourth-order valence-corrected chi connectivity index (χ4v) is 3.25. The van der Waals surface area contributed by atoms with Crippen LogP contribution in [0.4, 0.5) is 5.69 Å². The van der Waals surface area contributed by atoms with Crippen LogP contribution in [0.5, 0.6) is 0 Å². The van der Waals surface area contributed by atoms with Gasteiger partial charge in [0, 0.05) is 53.8 Å². The topological polar surface area (TPSA) is 42.2 Å². The minimum absolute atomic E-state index is 0.394. The number of rotatable bonds is 2. The number of hydrogen-bond acceptors (Lipinski definition) is 4. The third-order valence-electron chi connectivity index (χ3n) is 3.28. The van der Waals surface area contributed by atoms with Crippen molar-refractivity contribution in [2.45, 2.75) is 31.6 Å². The number of pyridine rings is 1. The summed E-state index contributed by atoms with van der Waals surface area (Å²) < 4.78 is 0.394. The van der Waals surface area contributed by atoms with E-state index < -0.39 is 0 Å². The molecule has 0 bridgehead atoms. The first-order valence-corrected chi connectivity index (χ1v) is 7.13. The summed E-state index contributed by atoms with van der Waals surface area (Å²) in [5.41, 5.74) is 8.19. The van der Waals surface area contributed by atoms with E-state index in [1.165, 1.54) is 17.9 Å². The number of thioether (sulfide) groups is 1. The molecule has 0 unspecified atom stereocenters. The Morgan fingerprint density at radius 2 is 2.29 bits per heavy atom. The maximum Gasteiger partial charge on any atom is 0.0443 e. The van der Waals surface area contributed by atoms with Gasteiger partial charge in [0.15, 0.2) is 0 Å². The van der Waals surface area contributed by atoms with Crippen molar-refractivity contribution in [2.24, 2.45) is 5.73 Å². The molecule has 1 aromatic heterocycles. The second kappa shape index (κ2) is 5.27. The van der Waals surface area contributed by atoms with Crippen molar-refractivity contribution in [3.8, 4) is 0 Å². The first-order valence-electron chi connectivity index (χ1n) is 6.14. The molecule has 0 amide bonds. The van der Waals surface area contributed by atoms with E-state index in [-0.39, 0.29) is 0 Å². The third-order valence-corrected chi connectivity index (χ3v) is 4.65. The zero-order valence-corrected chi connectivity index (χ0v) is 11.5. The molecule has 2 rings (SSSR count). The molecule has 1 aliphatic rings. The molecule has 0 aromatic carbocycles. The summed E-state index contributed by atoms with van der Waals surface area (Å²) in [6.07, 6.45) is 4.96. The minimum Gasteiger partial charge on any atom is -0.370 e. The zero-order chi connectivity index (χ0) is 12.3. The highest BCUT2D eigenvalue weighted by Gasteiger charge is 2.24. The minimum atomic E-state index is 0.394. The van der Waals surface area contributed by atoms with Crippen molar-refractivity contribution < 1.29 is 0 Å². The smallest absolute Gasteiger partial charge is 0.0443 e. The van der Waals surface area contributed by atoms with Gasteiger partial charge in [-0.3, -0.25) is 4.98 Å². The SMILES string of the molecule is CC1(C)CCN(c2ccncc2CN)CCS1. The van der Waals surface area contributed by atoms with Crippen LogP contribution in [0.3, 0.4) is 0 Å². The Labute approximate surface area is 108 Å². The predicted octanol–water partition coefficient (Wildman–Crippen LogP) is 2.26. The second-order valence-corrected chi connectivity index (χ2v) is 6.86. The summed E-state index contributed by atoms with van der Waals surface area (Å²) >= 11 is 2.06. The standard InChI is InChI=1S/C13H21N3S/c1-13(2)4-6-16(7-8-17-13)12-3-5-15-10-11(12)9-14/h3,5,10H,4,6-9,14H2,1-2H3. The molecule has 0 saturated carbocycles. The monoisotopic (exact) mass is 251 g/mol. The van der Waals surface area contributed by atoms with Gasteiger partial charge in [-0.05, 0) is 12.5 Å². The molecular weight excluding hydrogens is 230 g/mol. The lowest BCUT2D eigenvalue weighted by Crippen LogP contribution is -2.28. The van der Waals surface area contributed by atoms with Gasteiger partial charge in [-0.25, -0.2) is 0 Å². The van der Waals surface area contributed by atoms with Crippen LogP contribution in [0.2, 0.25) is 0 Å². The summed E-state index contributed by atoms with van der Waals surface area (Å²) in [5.74, 6) is 1.18. The van der Waals surface area contributed by atoms with Crippen molar-refractivity contribution in [1.29, 1.82) is 0 Å². The number of nitrogens with zero attached hydrogens (tertiary/aromatic N) is 2. The average molecular weight is 251 g/mol. The lowest BCUT2D eigenvalue weighted by atomic mass is 10.1. The van der Waals surface area contributed by atoms with Gasteiger partial charge in [-0.2, -0.15) is 11.8 Å². The summed E-state index contributed by atoms with van der Waals surface area (Å²) in [7, 11) is 0. The Morgan fingerprint density at radius 3 is 3.06 bits per heavy atom. The molecule has 1 fully saturated rings. The zero-order valence-electron chi connectivity index (χ0n) is 10.6. The molecule has 1 saturated heterocycles. The Balaban J connectivity index is 2.17. The largest absolute Gasteiger partial charge is 0.370 e. The molecule has 0 aliphatic carbocycles. The molecule has 4 heteroatoms. The molecule has 2 N–H and O–H groups in total. The average Bonchev–Trinajstić information content (AvgIpc) is 2.50. The van der Waals surface area contributed by atoms with E-state index in [0.717, 1.165) is 18.7 Å². The van der Waals surface area contributed by atoms with Gasteiger partial charge in [-0.15, -0.1) is 0 Å². The molecule has 0 atom stereocenters. The van der Waals surface area contributed by atoms with Gasteiger partial charge in [0.25, 0.3) is 0 Å². The summed E-state index contributed by atoms with van der Waals surface area (Å²) in [6, 6.07) is 2.09. The van der Waals surface area contributed by atoms with E-state index in [2.05, 4.69) is 41.6 Å². The Morgan fingerprint density at radius 1 is 1.47 bits per heavy atom. The first-order chi connectivity index (χ1) is 8.12. The second-order valence-electron chi connectivity index (χ2n) is 5.05. The van der Waals surface area contributed by atoms with Crippen LogP contribution in [0, 0.1) is 0 Å². The van der Waals surface area contributed by atoms with Crippen molar-refractivity contribution in [3.63, 3.8) is 0 Å². The molecular formula is C13H21N3S. The highest BCUT2D eigenvalue weighted by molar-refractivity contribution is 8.00. The van der Waals surface area contributed by atoms with Crippen LogP contribution in [0.15, 0.2) is 18.5 Å². The van der Waals surface area contributed by atoms with Crippen molar-refractivity contribution in [2.75, 3.05) is 23.7 Å². The van der Waals surface area contributed by atoms with E-state index in [1.807, 2.05) is 12.4 Å². The van der Waals surface area contributed by atoms with Gasteiger partial charge < -0.3 is 10.6 Å². The maximum atomic E-state index is 5.78. The fraction of sp³-hybridized carbons (Fsp3) is 0.615. The van der Waals surface area contributed by atoms with Gasteiger partial charge in [0.2, 0.25) is 0 Å². The lowest BCUT2D eigenvalue weighted by molar-refractivity contribution is 0.636. The van der Waals surface area contributed by atoms with E-state index in [0.29, 0.717) is 11.3 Å². The number of hydrogen-bond donors (Lipinski definition) is 1. The van der Waals surface area contributed by atoms with Crippen LogP contribution in [0.25, 0.3) is 0 Å². The lowest BCUT2D eigenvalue weighted by Gasteiger charge is -2.25. The van der Waals surface area contributed by atoms with E-state index in [4.69, 9.17) is 5.73 Å². The van der Waals surface area contributed by atoms with Crippen LogP contribution >= 0.6 is 11.8 Å². The normalized spacial score (nSPS) is 20.1. The Bertz CT molecular complexity index is 379. The summed E-state index contributed by atoms with van der Waals surface area (Å²) in [5, 5.41) is 0. The van der Waals surface area contributed by atoms with Gasteiger partial charge in [0.05, 0.1) is 0 Å². The summed E-state index contributed by atoms with van der Waals surface area (Å²) in [6.45, 7) is 7.44. The van der Waals surface area contributed by atoms with Crippen LogP contribution < -0.4 is 10.6 Å². The first kappa shape index (κ1) is 12.7. The molecule has 2 heterocycles. The van der Waals surface area contributed by atoms with E-state index in [1.54, 1.807) is 0 Å². The van der Waals surface area contributed by atoms with Crippen LogP contribution in [-0.2, 0) is 6.54 Å². The van der Waals surface area contributed by atoms with Gasteiger partial charge >= 0.3 is 0 Å². The maximum absolute atomic E-state index is 5.78. The molecule has 3 nitrogen and oxygen atoms in total. The van der Waals surface area contributed by atoms with Crippen LogP contribution in [0.1, 0.15) is 25.8 Å². The highest BCUT2D eigenvalue weighted by Crippen LogP contribution is 2.32. The Kier molecular flexibility index (Phi) is 3.94. The van der Waals surface area contributed by atoms with Crippen molar-refractivity contribution >= 4 is 17.4 Å². The Hall–Kier alpha value is -0.740. The summed E-state index contributed by atoms with van der Waals surface area (Å²) in [4.78, 5) is 6.60. The number of aromatic nitrogens is 1.